The van der Waals surface area contributed by atoms with Crippen molar-refractivity contribution in [2.24, 2.45) is 0 Å². The van der Waals surface area contributed by atoms with Gasteiger partial charge in [0.15, 0.2) is 0 Å². The van der Waals surface area contributed by atoms with E-state index in [4.69, 9.17) is 9.40 Å². The van der Waals surface area contributed by atoms with Gasteiger partial charge in [0.2, 0.25) is 0 Å². The number of aryl methyl sites for hydroxylation is 1. The maximum atomic E-state index is 5.92. The summed E-state index contributed by atoms with van der Waals surface area (Å²) >= 11 is 0. The van der Waals surface area contributed by atoms with Crippen molar-refractivity contribution < 1.29 is 24.5 Å². The molecule has 9 rings (SSSR count). The van der Waals surface area contributed by atoms with Gasteiger partial charge in [-0.05, 0) is 41.9 Å². The SMILES string of the molecule is Cc1ccc2c(-c3nc4ccccc4n3-c3c(-c4ccccc4)cccc3-c3ccccc3)[c-]oc2c1.[Ir].[c-]1ccccc1-c1ccccn1. The second-order valence-corrected chi connectivity index (χ2v) is 11.8. The van der Waals surface area contributed by atoms with Crippen molar-refractivity contribution in [3.63, 3.8) is 0 Å². The zero-order chi connectivity index (χ0) is 33.0. The van der Waals surface area contributed by atoms with Gasteiger partial charge in [0, 0.05) is 49.3 Å². The van der Waals surface area contributed by atoms with E-state index in [2.05, 4.69) is 144 Å². The number of imidazole rings is 1. The minimum absolute atomic E-state index is 0. The normalized spacial score (nSPS) is 10.7. The molecule has 0 spiro atoms. The second-order valence-electron chi connectivity index (χ2n) is 11.8. The summed E-state index contributed by atoms with van der Waals surface area (Å²) < 4.78 is 8.20. The molecule has 0 atom stereocenters. The van der Waals surface area contributed by atoms with Crippen molar-refractivity contribution in [2.75, 3.05) is 0 Å². The molecule has 5 heteroatoms. The number of para-hydroxylation sites is 3. The summed E-state index contributed by atoms with van der Waals surface area (Å²) in [5, 5.41) is 1.00. The molecule has 0 saturated carbocycles. The third kappa shape index (κ3) is 6.45. The molecule has 0 unspecified atom stereocenters. The first kappa shape index (κ1) is 32.7. The van der Waals surface area contributed by atoms with E-state index in [-0.39, 0.29) is 20.1 Å². The van der Waals surface area contributed by atoms with Crippen LogP contribution in [-0.2, 0) is 20.1 Å². The van der Waals surface area contributed by atoms with Crippen molar-refractivity contribution in [1.82, 2.24) is 14.5 Å². The number of pyridine rings is 1. The Kier molecular flexibility index (Phi) is 9.61. The quantitative estimate of drug-likeness (QED) is 0.162. The fourth-order valence-electron chi connectivity index (χ4n) is 6.23. The molecule has 0 saturated heterocycles. The van der Waals surface area contributed by atoms with Crippen molar-refractivity contribution in [1.29, 1.82) is 0 Å². The second kappa shape index (κ2) is 14.7. The maximum absolute atomic E-state index is 5.92. The van der Waals surface area contributed by atoms with E-state index in [9.17, 15) is 0 Å². The van der Waals surface area contributed by atoms with E-state index in [1.807, 2.05) is 48.5 Å². The van der Waals surface area contributed by atoms with Gasteiger partial charge in [-0.1, -0.05) is 132 Å². The summed E-state index contributed by atoms with van der Waals surface area (Å²) in [7, 11) is 0. The minimum Gasteiger partial charge on any atom is -0.557 e. The Bertz CT molecular complexity index is 2390. The summed E-state index contributed by atoms with van der Waals surface area (Å²) in [5.41, 5.74) is 12.4. The van der Waals surface area contributed by atoms with Crippen LogP contribution in [0.15, 0.2) is 174 Å². The zero-order valence-electron chi connectivity index (χ0n) is 27.2. The van der Waals surface area contributed by atoms with Crippen LogP contribution in [0.3, 0.4) is 0 Å². The Morgan fingerprint density at radius 3 is 2.00 bits per heavy atom. The topological polar surface area (TPSA) is 43.9 Å². The molecule has 50 heavy (non-hydrogen) atoms. The van der Waals surface area contributed by atoms with Crippen LogP contribution in [0.2, 0.25) is 0 Å². The number of nitrogens with zero attached hydrogens (tertiary/aromatic N) is 3. The largest absolute Gasteiger partial charge is 0.557 e. The van der Waals surface area contributed by atoms with Gasteiger partial charge in [0.05, 0.1) is 22.5 Å². The minimum atomic E-state index is 0. The molecule has 6 aromatic carbocycles. The summed E-state index contributed by atoms with van der Waals surface area (Å²) in [5.74, 6) is 0.810. The summed E-state index contributed by atoms with van der Waals surface area (Å²) in [4.78, 5) is 9.36. The van der Waals surface area contributed by atoms with Crippen LogP contribution in [0.5, 0.6) is 0 Å². The van der Waals surface area contributed by atoms with Gasteiger partial charge in [-0.3, -0.25) is 4.98 Å². The first-order valence-electron chi connectivity index (χ1n) is 16.3. The average Bonchev–Trinajstić information content (AvgIpc) is 3.77. The van der Waals surface area contributed by atoms with Gasteiger partial charge >= 0.3 is 0 Å². The Morgan fingerprint density at radius 1 is 0.640 bits per heavy atom. The third-order valence-corrected chi connectivity index (χ3v) is 8.53. The first-order valence-corrected chi connectivity index (χ1v) is 16.3. The predicted molar refractivity (Wildman–Crippen MR) is 199 cm³/mol. The molecule has 3 aromatic heterocycles. The van der Waals surface area contributed by atoms with E-state index in [0.29, 0.717) is 0 Å². The molecule has 0 aliphatic rings. The standard InChI is InChI=1S/C34H23N2O.C11H8N.Ir/c1-23-19-20-28-29(22-37-32(28)21-23)34-35-30-17-8-9-18-31(30)36(34)33-26(24-11-4-2-5-12-24)15-10-16-27(33)25-13-6-3-7-14-25;1-2-6-10(7-3-1)11-8-4-5-9-12-11;/h2-21H,1H3;1-6,8-9H;/q2*-1;. The van der Waals surface area contributed by atoms with E-state index in [1.54, 1.807) is 6.20 Å². The molecular weight excluding hydrogens is 791 g/mol. The first-order chi connectivity index (χ1) is 24.2. The third-order valence-electron chi connectivity index (χ3n) is 8.53. The number of aromatic nitrogens is 3. The van der Waals surface area contributed by atoms with Gasteiger partial charge < -0.3 is 14.0 Å². The molecule has 0 N–H and O–H groups in total. The van der Waals surface area contributed by atoms with Gasteiger partial charge in [-0.15, -0.1) is 42.0 Å². The number of fused-ring (bicyclic) bond motifs is 2. The van der Waals surface area contributed by atoms with Crippen LogP contribution in [0.4, 0.5) is 0 Å². The number of hydrogen-bond acceptors (Lipinski definition) is 3. The van der Waals surface area contributed by atoms with Crippen LogP contribution in [-0.4, -0.2) is 14.5 Å². The summed E-state index contributed by atoms with van der Waals surface area (Å²) in [6.07, 6.45) is 4.98. The van der Waals surface area contributed by atoms with Crippen molar-refractivity contribution in [2.45, 2.75) is 6.92 Å². The van der Waals surface area contributed by atoms with Crippen LogP contribution < -0.4 is 0 Å². The van der Waals surface area contributed by atoms with Crippen molar-refractivity contribution >= 4 is 22.0 Å². The van der Waals surface area contributed by atoms with E-state index in [1.165, 1.54) is 0 Å². The number of hydrogen-bond donors (Lipinski definition) is 0. The van der Waals surface area contributed by atoms with Crippen molar-refractivity contribution in [3.05, 3.63) is 188 Å². The Morgan fingerprint density at radius 2 is 1.32 bits per heavy atom. The maximum Gasteiger partial charge on any atom is 0.0774 e. The molecule has 4 nitrogen and oxygen atoms in total. The van der Waals surface area contributed by atoms with Gasteiger partial charge in [0.25, 0.3) is 0 Å². The molecule has 0 bridgehead atoms. The van der Waals surface area contributed by atoms with E-state index < -0.39 is 0 Å². The van der Waals surface area contributed by atoms with Crippen LogP contribution in [0, 0.1) is 19.3 Å². The smallest absolute Gasteiger partial charge is 0.0774 e. The molecule has 0 aliphatic heterocycles. The van der Waals surface area contributed by atoms with Gasteiger partial charge in [-0.25, -0.2) is 0 Å². The number of benzene rings is 6. The van der Waals surface area contributed by atoms with Crippen LogP contribution in [0.25, 0.3) is 72.6 Å². The van der Waals surface area contributed by atoms with E-state index in [0.717, 1.165) is 78.2 Å². The van der Waals surface area contributed by atoms with Gasteiger partial charge in [-0.2, -0.15) is 0 Å². The van der Waals surface area contributed by atoms with E-state index >= 15 is 0 Å². The fourth-order valence-corrected chi connectivity index (χ4v) is 6.23. The Hall–Kier alpha value is -5.87. The van der Waals surface area contributed by atoms with Gasteiger partial charge in [0.1, 0.15) is 0 Å². The molecule has 0 amide bonds. The zero-order valence-corrected chi connectivity index (χ0v) is 29.6. The molecular formula is C45H31IrN3O-2. The summed E-state index contributed by atoms with van der Waals surface area (Å²) in [6.45, 7) is 2.07. The number of rotatable bonds is 5. The van der Waals surface area contributed by atoms with Crippen molar-refractivity contribution in [3.8, 4) is 50.6 Å². The summed E-state index contributed by atoms with van der Waals surface area (Å²) in [6, 6.07) is 59.0. The molecule has 243 valence electrons. The fraction of sp³-hybridized carbons (Fsp3) is 0.0222. The number of furan rings is 1. The Balaban J connectivity index is 0.000000255. The monoisotopic (exact) mass is 822 g/mol. The Labute approximate surface area is 305 Å². The van der Waals surface area contributed by atoms with Crippen LogP contribution in [0.1, 0.15) is 5.56 Å². The molecule has 1 radical (unpaired) electrons. The average molecular weight is 822 g/mol. The van der Waals surface area contributed by atoms with Crippen LogP contribution >= 0.6 is 0 Å². The molecule has 3 heterocycles. The predicted octanol–water partition coefficient (Wildman–Crippen LogP) is 11.4. The molecule has 0 fully saturated rings. The molecule has 0 aliphatic carbocycles. The molecule has 9 aromatic rings.